The first-order valence-electron chi connectivity index (χ1n) is 7.98. The highest BCUT2D eigenvalue weighted by Crippen LogP contribution is 2.39. The van der Waals surface area contributed by atoms with Crippen LogP contribution < -0.4 is 10.1 Å². The summed E-state index contributed by atoms with van der Waals surface area (Å²) in [5, 5.41) is 3.65. The second kappa shape index (κ2) is 8.16. The van der Waals surface area contributed by atoms with Crippen LogP contribution in [0.5, 0.6) is 5.75 Å². The van der Waals surface area contributed by atoms with Gasteiger partial charge in [0.2, 0.25) is 0 Å². The maximum absolute atomic E-state index is 5.90. The number of hydrogen-bond donors (Lipinski definition) is 1. The van der Waals surface area contributed by atoms with Crippen LogP contribution in [0.25, 0.3) is 0 Å². The second-order valence-corrected chi connectivity index (χ2v) is 6.34. The van der Waals surface area contributed by atoms with Crippen molar-refractivity contribution in [2.45, 2.75) is 45.8 Å². The van der Waals surface area contributed by atoms with Gasteiger partial charge in [0, 0.05) is 28.6 Å². The molecule has 1 saturated heterocycles. The zero-order valence-electron chi connectivity index (χ0n) is 13.2. The standard InChI is InChI=1S/C17H26BrNO2/c1-4-15-13(9-10-21-15)17(19-5-2)14-11-12(18)7-8-16(14)20-6-3/h7-8,11,13,15,17,19H,4-6,9-10H2,1-3H3. The highest BCUT2D eigenvalue weighted by atomic mass is 79.9. The third-order valence-corrected chi connectivity index (χ3v) is 4.62. The molecule has 1 aliphatic heterocycles. The van der Waals surface area contributed by atoms with Crippen molar-refractivity contribution in [3.63, 3.8) is 0 Å². The number of hydrogen-bond acceptors (Lipinski definition) is 3. The van der Waals surface area contributed by atoms with Gasteiger partial charge in [-0.25, -0.2) is 0 Å². The molecule has 118 valence electrons. The van der Waals surface area contributed by atoms with Crippen molar-refractivity contribution < 1.29 is 9.47 Å². The minimum Gasteiger partial charge on any atom is -0.494 e. The van der Waals surface area contributed by atoms with Crippen LogP contribution in [0.4, 0.5) is 0 Å². The van der Waals surface area contributed by atoms with Crippen molar-refractivity contribution in [1.82, 2.24) is 5.32 Å². The van der Waals surface area contributed by atoms with Crippen molar-refractivity contribution in [2.24, 2.45) is 5.92 Å². The normalized spacial score (nSPS) is 23.2. The molecule has 0 radical (unpaired) electrons. The zero-order valence-corrected chi connectivity index (χ0v) is 14.8. The molecule has 1 N–H and O–H groups in total. The quantitative estimate of drug-likeness (QED) is 0.790. The number of halogens is 1. The average molecular weight is 356 g/mol. The first kappa shape index (κ1) is 16.8. The van der Waals surface area contributed by atoms with Crippen molar-refractivity contribution in [1.29, 1.82) is 0 Å². The molecule has 0 aliphatic carbocycles. The van der Waals surface area contributed by atoms with Gasteiger partial charge >= 0.3 is 0 Å². The van der Waals surface area contributed by atoms with Gasteiger partial charge in [0.25, 0.3) is 0 Å². The summed E-state index contributed by atoms with van der Waals surface area (Å²) in [6.45, 7) is 8.88. The van der Waals surface area contributed by atoms with E-state index in [4.69, 9.17) is 9.47 Å². The summed E-state index contributed by atoms with van der Waals surface area (Å²) in [7, 11) is 0. The third kappa shape index (κ3) is 3.99. The minimum absolute atomic E-state index is 0.279. The van der Waals surface area contributed by atoms with Crippen LogP contribution in [0.15, 0.2) is 22.7 Å². The van der Waals surface area contributed by atoms with Crippen molar-refractivity contribution in [3.05, 3.63) is 28.2 Å². The van der Waals surface area contributed by atoms with Crippen LogP contribution in [0.1, 0.15) is 45.2 Å². The number of nitrogens with one attached hydrogen (secondary N) is 1. The van der Waals surface area contributed by atoms with Crippen LogP contribution in [0.3, 0.4) is 0 Å². The molecule has 0 saturated carbocycles. The first-order chi connectivity index (χ1) is 10.2. The maximum atomic E-state index is 5.90. The monoisotopic (exact) mass is 355 g/mol. The molecule has 1 aromatic rings. The highest BCUT2D eigenvalue weighted by Gasteiger charge is 2.35. The summed E-state index contributed by atoms with van der Waals surface area (Å²) in [6, 6.07) is 6.56. The van der Waals surface area contributed by atoms with Gasteiger partial charge in [-0.2, -0.15) is 0 Å². The lowest BCUT2D eigenvalue weighted by molar-refractivity contribution is 0.0772. The Morgan fingerprint density at radius 3 is 2.86 bits per heavy atom. The molecule has 3 nitrogen and oxygen atoms in total. The lowest BCUT2D eigenvalue weighted by Crippen LogP contribution is -2.33. The molecule has 0 bridgehead atoms. The fraction of sp³-hybridized carbons (Fsp3) is 0.647. The number of rotatable bonds is 7. The Morgan fingerprint density at radius 2 is 2.19 bits per heavy atom. The van der Waals surface area contributed by atoms with Crippen molar-refractivity contribution in [3.8, 4) is 5.75 Å². The molecule has 1 heterocycles. The van der Waals surface area contributed by atoms with Gasteiger partial charge in [0.05, 0.1) is 12.7 Å². The van der Waals surface area contributed by atoms with Gasteiger partial charge in [0.15, 0.2) is 0 Å². The smallest absolute Gasteiger partial charge is 0.124 e. The topological polar surface area (TPSA) is 30.5 Å². The van der Waals surface area contributed by atoms with Gasteiger partial charge in [-0.1, -0.05) is 29.8 Å². The van der Waals surface area contributed by atoms with Crippen molar-refractivity contribution in [2.75, 3.05) is 19.8 Å². The maximum Gasteiger partial charge on any atom is 0.124 e. The Bertz CT molecular complexity index is 452. The Kier molecular flexibility index (Phi) is 6.52. The molecular formula is C17H26BrNO2. The molecule has 1 aliphatic rings. The summed E-state index contributed by atoms with van der Waals surface area (Å²) in [6.07, 6.45) is 2.50. The molecule has 0 aromatic heterocycles. The number of ether oxygens (including phenoxy) is 2. The van der Waals surface area contributed by atoms with Crippen LogP contribution in [-0.2, 0) is 4.74 Å². The van der Waals surface area contributed by atoms with Gasteiger partial charge in [0.1, 0.15) is 5.75 Å². The molecule has 0 spiro atoms. The molecule has 4 heteroatoms. The molecule has 2 rings (SSSR count). The average Bonchev–Trinajstić information content (AvgIpc) is 2.95. The van der Waals surface area contributed by atoms with E-state index in [9.17, 15) is 0 Å². The number of benzene rings is 1. The summed E-state index contributed by atoms with van der Waals surface area (Å²) >= 11 is 3.59. The fourth-order valence-electron chi connectivity index (χ4n) is 3.23. The molecule has 1 aromatic carbocycles. The van der Waals surface area contributed by atoms with Crippen LogP contribution in [-0.4, -0.2) is 25.9 Å². The summed E-state index contributed by atoms with van der Waals surface area (Å²) in [4.78, 5) is 0. The van der Waals surface area contributed by atoms with Gasteiger partial charge in [-0.05, 0) is 44.5 Å². The van der Waals surface area contributed by atoms with E-state index in [1.807, 2.05) is 13.0 Å². The Labute approximate surface area is 136 Å². The van der Waals surface area contributed by atoms with E-state index in [1.165, 1.54) is 5.56 Å². The fourth-order valence-corrected chi connectivity index (χ4v) is 3.61. The van der Waals surface area contributed by atoms with E-state index in [0.29, 0.717) is 18.6 Å². The predicted molar refractivity (Wildman–Crippen MR) is 89.9 cm³/mol. The summed E-state index contributed by atoms with van der Waals surface area (Å²) < 4.78 is 12.8. The third-order valence-electron chi connectivity index (χ3n) is 4.12. The first-order valence-corrected chi connectivity index (χ1v) is 8.77. The zero-order chi connectivity index (χ0) is 15.2. The van der Waals surface area contributed by atoms with E-state index >= 15 is 0 Å². The summed E-state index contributed by atoms with van der Waals surface area (Å²) in [5.74, 6) is 1.48. The largest absolute Gasteiger partial charge is 0.494 e. The van der Waals surface area contributed by atoms with Crippen LogP contribution in [0.2, 0.25) is 0 Å². The predicted octanol–water partition coefficient (Wildman–Crippen LogP) is 4.31. The Hall–Kier alpha value is -0.580. The SMILES string of the molecule is CCNC(c1cc(Br)ccc1OCC)C1CCOC1CC. The van der Waals surface area contributed by atoms with Gasteiger partial charge in [-0.3, -0.25) is 0 Å². The van der Waals surface area contributed by atoms with Crippen LogP contribution >= 0.6 is 15.9 Å². The second-order valence-electron chi connectivity index (χ2n) is 5.42. The minimum atomic E-state index is 0.279. The molecule has 1 fully saturated rings. The van der Waals surface area contributed by atoms with Gasteiger partial charge in [-0.15, -0.1) is 0 Å². The van der Waals surface area contributed by atoms with Crippen LogP contribution in [0, 0.1) is 5.92 Å². The molecule has 0 amide bonds. The van der Waals surface area contributed by atoms with Crippen molar-refractivity contribution >= 4 is 15.9 Å². The van der Waals surface area contributed by atoms with E-state index < -0.39 is 0 Å². The Morgan fingerprint density at radius 1 is 1.38 bits per heavy atom. The molecule has 21 heavy (non-hydrogen) atoms. The van der Waals surface area contributed by atoms with E-state index in [1.54, 1.807) is 0 Å². The molecule has 3 atom stereocenters. The summed E-state index contributed by atoms with van der Waals surface area (Å²) in [5.41, 5.74) is 1.24. The molecular weight excluding hydrogens is 330 g/mol. The van der Waals surface area contributed by atoms with E-state index in [-0.39, 0.29) is 6.04 Å². The van der Waals surface area contributed by atoms with Gasteiger partial charge < -0.3 is 14.8 Å². The Balaban J connectivity index is 2.34. The van der Waals surface area contributed by atoms with E-state index in [0.717, 1.165) is 36.2 Å². The lowest BCUT2D eigenvalue weighted by Gasteiger charge is -2.29. The van der Waals surface area contributed by atoms with E-state index in [2.05, 4.69) is 47.2 Å². The lowest BCUT2D eigenvalue weighted by atomic mass is 9.86. The molecule has 3 unspecified atom stereocenters. The highest BCUT2D eigenvalue weighted by molar-refractivity contribution is 9.10.